The number of nitrogens with zero attached hydrogens (tertiary/aromatic N) is 1. The highest BCUT2D eigenvalue weighted by Crippen LogP contribution is 2.19. The van der Waals surface area contributed by atoms with Gasteiger partial charge >= 0.3 is 5.63 Å². The van der Waals surface area contributed by atoms with E-state index in [9.17, 15) is 9.59 Å². The van der Waals surface area contributed by atoms with Crippen LogP contribution in [0.4, 0.5) is 5.69 Å². The number of amides is 1. The molecule has 0 saturated heterocycles. The van der Waals surface area contributed by atoms with E-state index >= 15 is 0 Å². The molecule has 0 spiro atoms. The first-order valence-corrected chi connectivity index (χ1v) is 5.56. The summed E-state index contributed by atoms with van der Waals surface area (Å²) in [6.07, 6.45) is 1.16. The smallest absolute Gasteiger partial charge is 0.320 e. The van der Waals surface area contributed by atoms with Gasteiger partial charge in [0, 0.05) is 10.7 Å². The number of hydrogen-bond donors (Lipinski definition) is 2. The first kappa shape index (κ1) is 12.4. The van der Waals surface area contributed by atoms with Gasteiger partial charge in [0.15, 0.2) is 0 Å². The van der Waals surface area contributed by atoms with Crippen LogP contribution in [-0.4, -0.2) is 11.2 Å². The molecule has 0 aliphatic heterocycles. The molecule has 0 aliphatic carbocycles. The third kappa shape index (κ3) is 2.98. The van der Waals surface area contributed by atoms with E-state index in [1.165, 1.54) is 4.68 Å². The lowest BCUT2D eigenvalue weighted by molar-refractivity contribution is -0.750. The molecule has 2 aromatic rings. The van der Waals surface area contributed by atoms with Crippen molar-refractivity contribution in [2.24, 2.45) is 0 Å². The van der Waals surface area contributed by atoms with Crippen molar-refractivity contribution in [1.82, 2.24) is 5.27 Å². The maximum atomic E-state index is 11.7. The third-order valence-electron chi connectivity index (χ3n) is 2.31. The fraction of sp³-hybridized carbons (Fsp3) is 0.182. The molecule has 1 heterocycles. The number of rotatable bonds is 3. The van der Waals surface area contributed by atoms with Crippen LogP contribution in [0.3, 0.4) is 0 Å². The molecule has 0 fully saturated rings. The number of carbonyl (C=O) groups excluding carboxylic acids is 1. The minimum Gasteiger partial charge on any atom is -0.320 e. The Morgan fingerprint density at radius 1 is 1.56 bits per heavy atom. The van der Waals surface area contributed by atoms with Crippen molar-refractivity contribution in [3.63, 3.8) is 0 Å². The number of aromatic amines is 1. The first-order chi connectivity index (χ1) is 8.54. The minimum atomic E-state index is -0.540. The molecule has 6 nitrogen and oxygen atoms in total. The molecule has 1 aromatic carbocycles. The van der Waals surface area contributed by atoms with Crippen LogP contribution in [0.1, 0.15) is 5.56 Å². The molecule has 7 heteroatoms. The SMILES string of the molecule is Cc1ccc(Cl)cc1NC(=O)C[n+]1cc(=O)o[nH]1. The Morgan fingerprint density at radius 3 is 3.00 bits per heavy atom. The highest BCUT2D eigenvalue weighted by Gasteiger charge is 2.13. The average Bonchev–Trinajstić information content (AvgIpc) is 2.69. The Labute approximate surface area is 107 Å². The monoisotopic (exact) mass is 268 g/mol. The van der Waals surface area contributed by atoms with Gasteiger partial charge < -0.3 is 5.32 Å². The van der Waals surface area contributed by atoms with E-state index in [0.717, 1.165) is 11.8 Å². The zero-order chi connectivity index (χ0) is 13.1. The number of hydrogen-bond acceptors (Lipinski definition) is 3. The second kappa shape index (κ2) is 5.05. The molecule has 0 bridgehead atoms. The van der Waals surface area contributed by atoms with Crippen molar-refractivity contribution in [1.29, 1.82) is 0 Å². The fourth-order valence-corrected chi connectivity index (χ4v) is 1.61. The summed E-state index contributed by atoms with van der Waals surface area (Å²) in [5.41, 5.74) is 0.999. The van der Waals surface area contributed by atoms with E-state index in [-0.39, 0.29) is 12.5 Å². The van der Waals surface area contributed by atoms with Gasteiger partial charge in [-0.25, -0.2) is 4.79 Å². The number of aryl methyl sites for hydroxylation is 1. The maximum Gasteiger partial charge on any atom is 0.426 e. The summed E-state index contributed by atoms with van der Waals surface area (Å²) in [4.78, 5) is 22.5. The Hall–Kier alpha value is -2.08. The summed E-state index contributed by atoms with van der Waals surface area (Å²) in [6.45, 7) is 1.82. The number of H-pyrrole nitrogens is 1. The molecule has 0 aliphatic rings. The third-order valence-corrected chi connectivity index (χ3v) is 2.55. The molecule has 0 unspecified atom stereocenters. The summed E-state index contributed by atoms with van der Waals surface area (Å²) < 4.78 is 5.69. The van der Waals surface area contributed by atoms with Crippen LogP contribution >= 0.6 is 11.6 Å². The molecule has 2 N–H and O–H groups in total. The van der Waals surface area contributed by atoms with E-state index < -0.39 is 5.63 Å². The van der Waals surface area contributed by atoms with Gasteiger partial charge in [0.2, 0.25) is 0 Å². The summed E-state index contributed by atoms with van der Waals surface area (Å²) in [7, 11) is 0. The molecule has 0 saturated carbocycles. The van der Waals surface area contributed by atoms with Gasteiger partial charge in [0.05, 0.1) is 0 Å². The van der Waals surface area contributed by atoms with Crippen molar-refractivity contribution < 1.29 is 14.0 Å². The van der Waals surface area contributed by atoms with Gasteiger partial charge in [-0.2, -0.15) is 0 Å². The van der Waals surface area contributed by atoms with Crippen LogP contribution in [-0.2, 0) is 11.3 Å². The summed E-state index contributed by atoms with van der Waals surface area (Å²) in [5, 5.41) is 5.53. The second-order valence-electron chi connectivity index (χ2n) is 3.78. The van der Waals surface area contributed by atoms with Crippen molar-refractivity contribution >= 4 is 23.2 Å². The maximum absolute atomic E-state index is 11.7. The van der Waals surface area contributed by atoms with Crippen molar-refractivity contribution in [2.75, 3.05) is 5.32 Å². The van der Waals surface area contributed by atoms with Crippen LogP contribution in [0, 0.1) is 6.92 Å². The van der Waals surface area contributed by atoms with E-state index in [0.29, 0.717) is 10.7 Å². The fourth-order valence-electron chi connectivity index (χ4n) is 1.43. The van der Waals surface area contributed by atoms with E-state index in [1.807, 2.05) is 13.0 Å². The lowest BCUT2D eigenvalue weighted by Crippen LogP contribution is -2.41. The van der Waals surface area contributed by atoms with Crippen LogP contribution in [0.15, 0.2) is 33.7 Å². The van der Waals surface area contributed by atoms with Crippen molar-refractivity contribution in [3.8, 4) is 0 Å². The Morgan fingerprint density at radius 2 is 2.33 bits per heavy atom. The second-order valence-corrected chi connectivity index (χ2v) is 4.21. The molecule has 18 heavy (non-hydrogen) atoms. The van der Waals surface area contributed by atoms with Crippen LogP contribution < -0.4 is 15.6 Å². The Kier molecular flexibility index (Phi) is 3.47. The number of anilines is 1. The molecule has 1 amide bonds. The molecular weight excluding hydrogens is 258 g/mol. The predicted molar refractivity (Wildman–Crippen MR) is 64.3 cm³/mol. The number of aromatic nitrogens is 2. The number of halogens is 1. The molecule has 1 aromatic heterocycles. The number of benzene rings is 1. The lowest BCUT2D eigenvalue weighted by atomic mass is 10.2. The first-order valence-electron chi connectivity index (χ1n) is 5.18. The standard InChI is InChI=1S/C11H10ClN3O3/c1-7-2-3-8(12)4-9(7)13-10(16)5-15-6-11(17)18-14-15/h2-4,6H,5H2,1H3,(H-,13,14,16,17)/p+1. The van der Waals surface area contributed by atoms with Gasteiger partial charge in [-0.05, 0) is 29.9 Å². The van der Waals surface area contributed by atoms with Gasteiger partial charge in [-0.3, -0.25) is 9.32 Å². The average molecular weight is 269 g/mol. The molecule has 0 atom stereocenters. The number of nitrogens with one attached hydrogen (secondary N) is 2. The van der Waals surface area contributed by atoms with Gasteiger partial charge in [0.1, 0.15) is 0 Å². The zero-order valence-corrected chi connectivity index (χ0v) is 10.3. The van der Waals surface area contributed by atoms with Crippen LogP contribution in [0.5, 0.6) is 0 Å². The van der Waals surface area contributed by atoms with Gasteiger partial charge in [-0.1, -0.05) is 22.3 Å². The highest BCUT2D eigenvalue weighted by atomic mass is 35.5. The van der Waals surface area contributed by atoms with Gasteiger partial charge in [0.25, 0.3) is 18.6 Å². The van der Waals surface area contributed by atoms with E-state index in [2.05, 4.69) is 15.1 Å². The Bertz CT molecular complexity index is 632. The molecular formula is C11H11ClN3O3+. The molecule has 0 radical (unpaired) electrons. The number of carbonyl (C=O) groups is 1. The van der Waals surface area contributed by atoms with Gasteiger partial charge in [-0.15, -0.1) is 0 Å². The normalized spacial score (nSPS) is 10.3. The quantitative estimate of drug-likeness (QED) is 0.810. The summed E-state index contributed by atoms with van der Waals surface area (Å²) in [6, 6.07) is 5.22. The Balaban J connectivity index is 2.07. The largest absolute Gasteiger partial charge is 0.426 e. The molecule has 2 rings (SSSR count). The van der Waals surface area contributed by atoms with E-state index in [1.54, 1.807) is 12.1 Å². The summed E-state index contributed by atoms with van der Waals surface area (Å²) in [5.74, 6) is -0.289. The summed E-state index contributed by atoms with van der Waals surface area (Å²) >= 11 is 5.84. The highest BCUT2D eigenvalue weighted by molar-refractivity contribution is 6.31. The zero-order valence-electron chi connectivity index (χ0n) is 9.57. The van der Waals surface area contributed by atoms with Crippen LogP contribution in [0.2, 0.25) is 5.02 Å². The van der Waals surface area contributed by atoms with Crippen molar-refractivity contribution in [3.05, 3.63) is 45.4 Å². The minimum absolute atomic E-state index is 0.0440. The molecule has 94 valence electrons. The van der Waals surface area contributed by atoms with Crippen LogP contribution in [0.25, 0.3) is 0 Å². The predicted octanol–water partition coefficient (Wildman–Crippen LogP) is 0.856. The lowest BCUT2D eigenvalue weighted by Gasteiger charge is -2.06. The van der Waals surface area contributed by atoms with E-state index in [4.69, 9.17) is 11.6 Å². The van der Waals surface area contributed by atoms with Crippen molar-refractivity contribution in [2.45, 2.75) is 13.5 Å². The topological polar surface area (TPSA) is 79.0 Å².